The number of halogens is 2. The van der Waals surface area contributed by atoms with Crippen LogP contribution in [0.5, 0.6) is 0 Å². The van der Waals surface area contributed by atoms with Gasteiger partial charge >= 0.3 is 0 Å². The summed E-state index contributed by atoms with van der Waals surface area (Å²) in [5, 5.41) is 9.31. The van der Waals surface area contributed by atoms with E-state index in [2.05, 4.69) is 20.9 Å². The summed E-state index contributed by atoms with van der Waals surface area (Å²) in [4.78, 5) is 4.07. The Balaban J connectivity index is 2.94. The van der Waals surface area contributed by atoms with Crippen LogP contribution in [0.15, 0.2) is 23.1 Å². The van der Waals surface area contributed by atoms with Gasteiger partial charge in [0.1, 0.15) is 10.7 Å². The smallest absolute Gasteiger partial charge is 0.155 e. The number of hydrogen-bond acceptors (Lipinski definition) is 2. The van der Waals surface area contributed by atoms with E-state index in [9.17, 15) is 0 Å². The van der Waals surface area contributed by atoms with Crippen molar-refractivity contribution >= 4 is 33.2 Å². The van der Waals surface area contributed by atoms with Gasteiger partial charge in [-0.15, -0.1) is 0 Å². The van der Waals surface area contributed by atoms with Crippen molar-refractivity contribution in [3.05, 3.63) is 33.6 Å². The monoisotopic (exact) mass is 255 g/mol. The first kappa shape index (κ1) is 8.54. The van der Waals surface area contributed by atoms with Gasteiger partial charge in [0.05, 0.1) is 16.8 Å². The molecule has 0 atom stereocenters. The lowest BCUT2D eigenvalue weighted by Crippen LogP contribution is -1.88. The van der Waals surface area contributed by atoms with Crippen LogP contribution in [0, 0.1) is 11.3 Å². The summed E-state index contributed by atoms with van der Waals surface area (Å²) in [6.07, 6.45) is 3.33. The number of nitriles is 1. The molecule has 2 aromatic heterocycles. The zero-order valence-corrected chi connectivity index (χ0v) is 8.67. The Hall–Kier alpha value is -1.05. The summed E-state index contributed by atoms with van der Waals surface area (Å²) in [5.74, 6) is 0. The quantitative estimate of drug-likeness (QED) is 0.727. The molecule has 0 amide bonds. The van der Waals surface area contributed by atoms with Gasteiger partial charge in [-0.1, -0.05) is 11.6 Å². The van der Waals surface area contributed by atoms with Gasteiger partial charge in [-0.3, -0.25) is 4.40 Å². The molecule has 0 radical (unpaired) electrons. The second-order valence-electron chi connectivity index (χ2n) is 2.46. The molecule has 0 saturated carbocycles. The Kier molecular flexibility index (Phi) is 1.98. The van der Waals surface area contributed by atoms with Gasteiger partial charge in [-0.25, -0.2) is 4.98 Å². The van der Waals surface area contributed by atoms with Crippen molar-refractivity contribution in [2.45, 2.75) is 0 Å². The van der Waals surface area contributed by atoms with Gasteiger partial charge in [0.15, 0.2) is 5.65 Å². The van der Waals surface area contributed by atoms with E-state index in [-0.39, 0.29) is 0 Å². The number of nitrogens with zero attached hydrogens (tertiary/aromatic N) is 3. The fraction of sp³-hybridized carbons (Fsp3) is 0. The van der Waals surface area contributed by atoms with Crippen molar-refractivity contribution in [2.24, 2.45) is 0 Å². The normalized spacial score (nSPS) is 10.2. The summed E-state index contributed by atoms with van der Waals surface area (Å²) < 4.78 is 2.50. The van der Waals surface area contributed by atoms with Crippen molar-refractivity contribution in [1.82, 2.24) is 9.38 Å². The van der Waals surface area contributed by atoms with Crippen LogP contribution >= 0.6 is 27.5 Å². The first-order valence-electron chi connectivity index (χ1n) is 3.44. The number of pyridine rings is 1. The molecule has 2 rings (SSSR count). The second-order valence-corrected chi connectivity index (χ2v) is 3.71. The van der Waals surface area contributed by atoms with Crippen LogP contribution in [-0.2, 0) is 0 Å². The highest BCUT2D eigenvalue weighted by atomic mass is 79.9. The lowest BCUT2D eigenvalue weighted by Gasteiger charge is -1.97. The van der Waals surface area contributed by atoms with Crippen LogP contribution in [0.2, 0.25) is 5.02 Å². The number of aromatic nitrogens is 2. The topological polar surface area (TPSA) is 41.1 Å². The molecule has 0 aliphatic heterocycles. The molecule has 0 fully saturated rings. The Morgan fingerprint density at radius 2 is 2.38 bits per heavy atom. The highest BCUT2D eigenvalue weighted by Crippen LogP contribution is 2.20. The molecule has 0 bridgehead atoms. The first-order chi connectivity index (χ1) is 6.22. The molecule has 64 valence electrons. The zero-order valence-electron chi connectivity index (χ0n) is 6.33. The average molecular weight is 256 g/mol. The van der Waals surface area contributed by atoms with E-state index >= 15 is 0 Å². The molecule has 13 heavy (non-hydrogen) atoms. The highest BCUT2D eigenvalue weighted by Gasteiger charge is 2.06. The SMILES string of the molecule is N#Cc1cc(Cl)cn2c(Br)cnc12. The molecule has 3 nitrogen and oxygen atoms in total. The molecule has 0 N–H and O–H groups in total. The third-order valence-electron chi connectivity index (χ3n) is 1.65. The number of rotatable bonds is 0. The van der Waals surface area contributed by atoms with Crippen molar-refractivity contribution < 1.29 is 0 Å². The molecule has 0 unspecified atom stereocenters. The van der Waals surface area contributed by atoms with Gasteiger partial charge in [-0.05, 0) is 22.0 Å². The van der Waals surface area contributed by atoms with E-state index in [1.807, 2.05) is 6.07 Å². The summed E-state index contributed by atoms with van der Waals surface area (Å²) in [5.41, 5.74) is 1.08. The van der Waals surface area contributed by atoms with E-state index < -0.39 is 0 Å². The lowest BCUT2D eigenvalue weighted by atomic mass is 10.3. The van der Waals surface area contributed by atoms with Crippen molar-refractivity contribution in [1.29, 1.82) is 5.26 Å². The molecule has 0 aliphatic rings. The molecule has 0 aliphatic carbocycles. The maximum atomic E-state index is 8.79. The minimum absolute atomic E-state index is 0.471. The van der Waals surface area contributed by atoms with Crippen LogP contribution in [-0.4, -0.2) is 9.38 Å². The van der Waals surface area contributed by atoms with E-state index in [0.29, 0.717) is 16.2 Å². The summed E-state index contributed by atoms with van der Waals surface area (Å²) in [6.45, 7) is 0. The Morgan fingerprint density at radius 3 is 3.08 bits per heavy atom. The minimum atomic E-state index is 0.471. The Labute approximate surface area is 87.7 Å². The third-order valence-corrected chi connectivity index (χ3v) is 2.44. The summed E-state index contributed by atoms with van der Waals surface area (Å²) in [7, 11) is 0. The number of fused-ring (bicyclic) bond motifs is 1. The van der Waals surface area contributed by atoms with Crippen LogP contribution in [0.25, 0.3) is 5.65 Å². The van der Waals surface area contributed by atoms with Gasteiger partial charge < -0.3 is 0 Å². The third kappa shape index (κ3) is 1.30. The second kappa shape index (κ2) is 3.02. The van der Waals surface area contributed by atoms with Crippen molar-refractivity contribution in [3.8, 4) is 6.07 Å². The largest absolute Gasteiger partial charge is 0.292 e. The van der Waals surface area contributed by atoms with Crippen molar-refractivity contribution in [2.75, 3.05) is 0 Å². The molecular formula is C8H3BrClN3. The summed E-state index contributed by atoms with van der Waals surface area (Å²) in [6, 6.07) is 3.63. The maximum Gasteiger partial charge on any atom is 0.155 e. The van der Waals surface area contributed by atoms with Gasteiger partial charge in [0, 0.05) is 6.20 Å². The van der Waals surface area contributed by atoms with E-state index in [0.717, 1.165) is 4.60 Å². The maximum absolute atomic E-state index is 8.79. The van der Waals surface area contributed by atoms with Crippen LogP contribution in [0.1, 0.15) is 5.56 Å². The Morgan fingerprint density at radius 1 is 1.62 bits per heavy atom. The highest BCUT2D eigenvalue weighted by molar-refractivity contribution is 9.10. The number of imidazole rings is 1. The molecule has 2 heterocycles. The molecule has 0 saturated heterocycles. The van der Waals surface area contributed by atoms with Crippen LogP contribution < -0.4 is 0 Å². The summed E-state index contributed by atoms with van der Waals surface area (Å²) >= 11 is 9.11. The standard InChI is InChI=1S/C8H3BrClN3/c9-7-3-12-8-5(2-11)1-6(10)4-13(7)8/h1,3-4H. The van der Waals surface area contributed by atoms with Crippen LogP contribution in [0.4, 0.5) is 0 Å². The molecular weight excluding hydrogens is 253 g/mol. The predicted molar refractivity (Wildman–Crippen MR) is 52.6 cm³/mol. The van der Waals surface area contributed by atoms with E-state index in [1.54, 1.807) is 22.9 Å². The fourth-order valence-corrected chi connectivity index (χ4v) is 1.69. The zero-order chi connectivity index (χ0) is 9.42. The first-order valence-corrected chi connectivity index (χ1v) is 4.61. The van der Waals surface area contributed by atoms with Crippen LogP contribution in [0.3, 0.4) is 0 Å². The van der Waals surface area contributed by atoms with E-state index in [1.165, 1.54) is 0 Å². The van der Waals surface area contributed by atoms with E-state index in [4.69, 9.17) is 16.9 Å². The average Bonchev–Trinajstić information content (AvgIpc) is 2.47. The van der Waals surface area contributed by atoms with Gasteiger partial charge in [0.2, 0.25) is 0 Å². The molecule has 2 aromatic rings. The fourth-order valence-electron chi connectivity index (χ4n) is 1.11. The van der Waals surface area contributed by atoms with Gasteiger partial charge in [0.25, 0.3) is 0 Å². The molecule has 0 spiro atoms. The Bertz CT molecular complexity index is 512. The molecule has 0 aromatic carbocycles. The predicted octanol–water partition coefficient (Wildman–Crippen LogP) is 2.62. The lowest BCUT2D eigenvalue weighted by molar-refractivity contribution is 1.15. The minimum Gasteiger partial charge on any atom is -0.292 e. The number of hydrogen-bond donors (Lipinski definition) is 0. The van der Waals surface area contributed by atoms with Crippen molar-refractivity contribution in [3.63, 3.8) is 0 Å². The molecule has 5 heteroatoms. The van der Waals surface area contributed by atoms with Gasteiger partial charge in [-0.2, -0.15) is 5.26 Å².